The van der Waals surface area contributed by atoms with Crippen LogP contribution in [0, 0.1) is 0 Å². The molecule has 152 valence electrons. The maximum Gasteiger partial charge on any atom is 0.191 e. The van der Waals surface area contributed by atoms with Crippen molar-refractivity contribution in [1.29, 1.82) is 0 Å². The Labute approximate surface area is 183 Å². The molecule has 27 heavy (non-hydrogen) atoms. The molecule has 0 fully saturated rings. The predicted molar refractivity (Wildman–Crippen MR) is 124 cm³/mol. The van der Waals surface area contributed by atoms with Crippen LogP contribution < -0.4 is 10.6 Å². The van der Waals surface area contributed by atoms with Crippen LogP contribution in [0.5, 0.6) is 0 Å². The van der Waals surface area contributed by atoms with Crippen molar-refractivity contribution in [3.8, 4) is 0 Å². The molecule has 0 aromatic carbocycles. The summed E-state index contributed by atoms with van der Waals surface area (Å²) < 4.78 is 5.37. The molecule has 0 radical (unpaired) electrons. The van der Waals surface area contributed by atoms with Crippen molar-refractivity contribution < 1.29 is 9.52 Å². The van der Waals surface area contributed by atoms with Crippen LogP contribution in [0.25, 0.3) is 0 Å². The molecule has 0 aliphatic carbocycles. The third kappa shape index (κ3) is 9.12. The van der Waals surface area contributed by atoms with E-state index >= 15 is 0 Å². The van der Waals surface area contributed by atoms with Gasteiger partial charge in [0.1, 0.15) is 5.76 Å². The Morgan fingerprint density at radius 2 is 1.96 bits per heavy atom. The van der Waals surface area contributed by atoms with Gasteiger partial charge in [-0.05, 0) is 36.4 Å². The molecule has 5 nitrogen and oxygen atoms in total. The number of thiophene rings is 1. The molecule has 2 heterocycles. The summed E-state index contributed by atoms with van der Waals surface area (Å²) in [6.45, 7) is 6.07. The van der Waals surface area contributed by atoms with Crippen LogP contribution in [0.15, 0.2) is 45.3 Å². The van der Waals surface area contributed by atoms with Crippen LogP contribution in [0.4, 0.5) is 0 Å². The Morgan fingerprint density at radius 1 is 1.19 bits per heavy atom. The van der Waals surface area contributed by atoms with Crippen molar-refractivity contribution in [2.24, 2.45) is 4.99 Å². The zero-order valence-electron chi connectivity index (χ0n) is 16.2. The fraction of sp³-hybridized carbons (Fsp3) is 0.550. The maximum atomic E-state index is 10.8. The number of aliphatic hydroxyl groups is 1. The number of nitrogens with one attached hydrogen (secondary N) is 2. The molecule has 2 aromatic rings. The van der Waals surface area contributed by atoms with Crippen LogP contribution in [-0.4, -0.2) is 29.8 Å². The summed E-state index contributed by atoms with van der Waals surface area (Å²) in [5.41, 5.74) is -0.685. The van der Waals surface area contributed by atoms with Gasteiger partial charge in [0.05, 0.1) is 18.4 Å². The van der Waals surface area contributed by atoms with Crippen molar-refractivity contribution in [1.82, 2.24) is 10.6 Å². The average molecular weight is 505 g/mol. The van der Waals surface area contributed by atoms with Crippen molar-refractivity contribution in [3.63, 3.8) is 0 Å². The van der Waals surface area contributed by atoms with Gasteiger partial charge in [-0.2, -0.15) is 0 Å². The quantitative estimate of drug-likeness (QED) is 0.238. The normalized spacial score (nSPS) is 11.9. The van der Waals surface area contributed by atoms with Gasteiger partial charge in [-0.1, -0.05) is 32.8 Å². The number of hydrogen-bond donors (Lipinski definition) is 3. The maximum absolute atomic E-state index is 10.8. The second-order valence-corrected chi connectivity index (χ2v) is 7.61. The molecule has 2 rings (SSSR count). The molecule has 0 spiro atoms. The van der Waals surface area contributed by atoms with E-state index in [9.17, 15) is 5.11 Å². The smallest absolute Gasteiger partial charge is 0.191 e. The van der Waals surface area contributed by atoms with E-state index < -0.39 is 5.60 Å². The molecule has 0 aliphatic rings. The number of halogens is 1. The number of aliphatic imine (C=N–C) groups is 1. The lowest BCUT2D eigenvalue weighted by atomic mass is 9.93. The highest BCUT2D eigenvalue weighted by molar-refractivity contribution is 14.0. The second kappa shape index (κ2) is 13.2. The van der Waals surface area contributed by atoms with Crippen molar-refractivity contribution in [2.75, 3.05) is 13.1 Å². The second-order valence-electron chi connectivity index (χ2n) is 6.58. The summed E-state index contributed by atoms with van der Waals surface area (Å²) in [7, 11) is 0. The first-order valence-electron chi connectivity index (χ1n) is 9.44. The minimum atomic E-state index is -0.685. The van der Waals surface area contributed by atoms with Crippen LogP contribution in [0.3, 0.4) is 0 Å². The molecule has 0 atom stereocenters. The standard InChI is InChI=1S/C20H31N3O2S.HI/c1-3-10-20(24,11-4-2)16-23-19(22-15-18-8-6-14-26-18)21-12-9-17-7-5-13-25-17;/h5-8,13-14,24H,3-4,9-12,15-16H2,1-2H3,(H2,21,22,23);1H. The molecule has 0 unspecified atom stereocenters. The van der Waals surface area contributed by atoms with E-state index in [1.54, 1.807) is 17.6 Å². The first kappa shape index (κ1) is 24.0. The predicted octanol–water partition coefficient (Wildman–Crippen LogP) is 4.57. The first-order valence-corrected chi connectivity index (χ1v) is 10.3. The first-order chi connectivity index (χ1) is 12.6. The molecule has 7 heteroatoms. The van der Waals surface area contributed by atoms with E-state index in [0.717, 1.165) is 50.4 Å². The summed E-state index contributed by atoms with van der Waals surface area (Å²) in [6, 6.07) is 7.99. The highest BCUT2D eigenvalue weighted by atomic mass is 127. The third-order valence-electron chi connectivity index (χ3n) is 4.23. The van der Waals surface area contributed by atoms with E-state index in [1.165, 1.54) is 4.88 Å². The monoisotopic (exact) mass is 505 g/mol. The number of hydrogen-bond acceptors (Lipinski definition) is 4. The van der Waals surface area contributed by atoms with Gasteiger partial charge in [0.2, 0.25) is 0 Å². The van der Waals surface area contributed by atoms with Gasteiger partial charge in [-0.15, -0.1) is 35.3 Å². The molecule has 0 aliphatic heterocycles. The summed E-state index contributed by atoms with van der Waals surface area (Å²) >= 11 is 1.70. The highest BCUT2D eigenvalue weighted by Crippen LogP contribution is 2.18. The molecule has 0 bridgehead atoms. The molecule has 2 aromatic heterocycles. The Hall–Kier alpha value is -1.06. The number of nitrogens with zero attached hydrogens (tertiary/aromatic N) is 1. The molecule has 0 saturated carbocycles. The molecule has 0 amide bonds. The van der Waals surface area contributed by atoms with Crippen LogP contribution in [0.2, 0.25) is 0 Å². The van der Waals surface area contributed by atoms with Crippen LogP contribution in [-0.2, 0) is 13.0 Å². The van der Waals surface area contributed by atoms with Gasteiger partial charge in [0.25, 0.3) is 0 Å². The number of rotatable bonds is 11. The fourth-order valence-corrected chi connectivity index (χ4v) is 3.60. The van der Waals surface area contributed by atoms with E-state index in [1.807, 2.05) is 18.2 Å². The molecular weight excluding hydrogens is 473 g/mol. The Bertz CT molecular complexity index is 624. The zero-order valence-corrected chi connectivity index (χ0v) is 19.4. The molecule has 3 N–H and O–H groups in total. The van der Waals surface area contributed by atoms with E-state index in [2.05, 4.69) is 40.9 Å². The van der Waals surface area contributed by atoms with Crippen molar-refractivity contribution >= 4 is 41.3 Å². The average Bonchev–Trinajstić information content (AvgIpc) is 3.31. The van der Waals surface area contributed by atoms with Crippen LogP contribution in [0.1, 0.15) is 50.2 Å². The number of furan rings is 1. The lowest BCUT2D eigenvalue weighted by Crippen LogP contribution is -2.47. The van der Waals surface area contributed by atoms with Gasteiger partial charge >= 0.3 is 0 Å². The lowest BCUT2D eigenvalue weighted by molar-refractivity contribution is 0.0257. The summed E-state index contributed by atoms with van der Waals surface area (Å²) in [4.78, 5) is 5.89. The Kier molecular flexibility index (Phi) is 11.7. The Morgan fingerprint density at radius 3 is 2.56 bits per heavy atom. The highest BCUT2D eigenvalue weighted by Gasteiger charge is 2.24. The topological polar surface area (TPSA) is 69.8 Å². The van der Waals surface area contributed by atoms with Gasteiger partial charge in [-0.25, -0.2) is 4.99 Å². The minimum Gasteiger partial charge on any atom is -0.469 e. The van der Waals surface area contributed by atoms with Gasteiger partial charge in [-0.3, -0.25) is 0 Å². The molecule has 0 saturated heterocycles. The van der Waals surface area contributed by atoms with Gasteiger partial charge < -0.3 is 20.2 Å². The summed E-state index contributed by atoms with van der Waals surface area (Å²) in [5.74, 6) is 1.68. The minimum absolute atomic E-state index is 0. The molecular formula is C20H32IN3O2S. The number of guanidine groups is 1. The SMILES string of the molecule is CCCC(O)(CCC)CNC(=NCc1cccs1)NCCc1ccco1.I. The summed E-state index contributed by atoms with van der Waals surface area (Å²) in [5, 5.41) is 19.6. The third-order valence-corrected chi connectivity index (χ3v) is 5.09. The van der Waals surface area contributed by atoms with Crippen LogP contribution >= 0.6 is 35.3 Å². The van der Waals surface area contributed by atoms with E-state index in [4.69, 9.17) is 4.42 Å². The Balaban J connectivity index is 0.00000364. The van der Waals surface area contributed by atoms with E-state index in [-0.39, 0.29) is 24.0 Å². The zero-order chi connectivity index (χ0) is 18.7. The van der Waals surface area contributed by atoms with Crippen molar-refractivity contribution in [3.05, 3.63) is 46.5 Å². The van der Waals surface area contributed by atoms with Gasteiger partial charge in [0.15, 0.2) is 5.96 Å². The lowest BCUT2D eigenvalue weighted by Gasteiger charge is -2.28. The van der Waals surface area contributed by atoms with Crippen molar-refractivity contribution in [2.45, 2.75) is 58.1 Å². The van der Waals surface area contributed by atoms with Gasteiger partial charge in [0, 0.05) is 24.4 Å². The van der Waals surface area contributed by atoms with E-state index in [0.29, 0.717) is 13.1 Å². The summed E-state index contributed by atoms with van der Waals surface area (Å²) in [6.07, 6.45) is 5.99. The largest absolute Gasteiger partial charge is 0.469 e. The fourth-order valence-electron chi connectivity index (χ4n) is 2.97.